The van der Waals surface area contributed by atoms with E-state index in [1.807, 2.05) is 0 Å². The maximum absolute atomic E-state index is 12.4. The highest BCUT2D eigenvalue weighted by atomic mass is 32.2. The average molecular weight is 555 g/mol. The van der Waals surface area contributed by atoms with E-state index in [1.54, 1.807) is 36.4 Å². The molecule has 1 N–H and O–H groups in total. The zero-order chi connectivity index (χ0) is 27.4. The third kappa shape index (κ3) is 6.29. The summed E-state index contributed by atoms with van der Waals surface area (Å²) >= 11 is 0.421. The first-order valence-corrected chi connectivity index (χ1v) is 12.3. The number of amides is 1. The van der Waals surface area contributed by atoms with Gasteiger partial charge in [0.15, 0.2) is 35.3 Å². The summed E-state index contributed by atoms with van der Waals surface area (Å²) in [5.41, 5.74) is 1.70. The number of nitrogens with zero attached hydrogens (tertiary/aromatic N) is 1. The number of hydrogen-bond donors (Lipinski definition) is 1. The molecule has 0 spiro atoms. The lowest BCUT2D eigenvalue weighted by atomic mass is 10.1. The van der Waals surface area contributed by atoms with Gasteiger partial charge in [-0.1, -0.05) is 17.8 Å². The molecule has 3 aromatic rings. The van der Waals surface area contributed by atoms with E-state index in [-0.39, 0.29) is 25.0 Å². The number of esters is 1. The van der Waals surface area contributed by atoms with Gasteiger partial charge in [0.1, 0.15) is 0 Å². The van der Waals surface area contributed by atoms with Gasteiger partial charge in [-0.2, -0.15) is 8.78 Å². The lowest BCUT2D eigenvalue weighted by Gasteiger charge is -2.12. The number of methoxy groups -OCH3 is 1. The Bertz CT molecular complexity index is 1480. The molecule has 2 aliphatic rings. The predicted octanol–water partition coefficient (Wildman–Crippen LogP) is 5.10. The molecule has 0 unspecified atom stereocenters. The normalized spacial score (nSPS) is 14.8. The van der Waals surface area contributed by atoms with Gasteiger partial charge < -0.3 is 29.0 Å². The zero-order valence-electron chi connectivity index (χ0n) is 20.3. The third-order valence-electron chi connectivity index (χ3n) is 5.45. The number of nitrogens with one attached hydrogen (secondary N) is 1. The van der Waals surface area contributed by atoms with Crippen molar-refractivity contribution in [3.05, 3.63) is 77.5 Å². The summed E-state index contributed by atoms with van der Waals surface area (Å²) in [5.74, 6) is -1.66. The number of cyclic esters (lactones) is 1. The van der Waals surface area contributed by atoms with Crippen LogP contribution in [-0.2, 0) is 14.3 Å². The number of fused-ring (bicyclic) bond motifs is 1. The highest BCUT2D eigenvalue weighted by molar-refractivity contribution is 7.99. The van der Waals surface area contributed by atoms with Gasteiger partial charge in [-0.25, -0.2) is 9.79 Å². The smallest absolute Gasteiger partial charge is 0.363 e. The van der Waals surface area contributed by atoms with Crippen LogP contribution < -0.4 is 24.3 Å². The number of anilines is 1. The van der Waals surface area contributed by atoms with Crippen molar-refractivity contribution < 1.29 is 42.1 Å². The molecule has 200 valence electrons. The molecule has 0 atom stereocenters. The molecular weight excluding hydrogens is 534 g/mol. The van der Waals surface area contributed by atoms with Crippen LogP contribution in [0.4, 0.5) is 14.5 Å². The van der Waals surface area contributed by atoms with Crippen molar-refractivity contribution in [2.45, 2.75) is 10.7 Å². The van der Waals surface area contributed by atoms with Gasteiger partial charge >= 0.3 is 5.97 Å². The fraction of sp³-hybridized carbons (Fsp3) is 0.148. The van der Waals surface area contributed by atoms with Crippen molar-refractivity contribution in [1.29, 1.82) is 0 Å². The highest BCUT2D eigenvalue weighted by Crippen LogP contribution is 2.34. The second-order valence-electron chi connectivity index (χ2n) is 8.05. The van der Waals surface area contributed by atoms with Crippen molar-refractivity contribution in [1.82, 2.24) is 0 Å². The lowest BCUT2D eigenvalue weighted by Crippen LogP contribution is -2.20. The minimum atomic E-state index is -2.52. The number of rotatable bonds is 9. The van der Waals surface area contributed by atoms with Gasteiger partial charge in [-0.15, -0.1) is 0 Å². The number of aliphatic imine (C=N–C) groups is 1. The molecule has 39 heavy (non-hydrogen) atoms. The van der Waals surface area contributed by atoms with Gasteiger partial charge in [0.2, 0.25) is 12.7 Å². The summed E-state index contributed by atoms with van der Waals surface area (Å²) in [5, 5.41) is 2.63. The summed E-state index contributed by atoms with van der Waals surface area (Å²) in [7, 11) is 1.44. The third-order valence-corrected chi connectivity index (χ3v) is 6.18. The van der Waals surface area contributed by atoms with Crippen LogP contribution in [0.1, 0.15) is 11.1 Å². The van der Waals surface area contributed by atoms with Crippen molar-refractivity contribution in [2.24, 2.45) is 4.99 Å². The summed E-state index contributed by atoms with van der Waals surface area (Å²) in [4.78, 5) is 29.4. The molecule has 5 rings (SSSR count). The van der Waals surface area contributed by atoms with Crippen LogP contribution in [-0.4, -0.2) is 44.0 Å². The van der Waals surface area contributed by atoms with E-state index < -0.39 is 17.6 Å². The second-order valence-corrected chi connectivity index (χ2v) is 9.12. The predicted molar refractivity (Wildman–Crippen MR) is 139 cm³/mol. The Balaban J connectivity index is 1.23. The minimum Gasteiger partial charge on any atom is -0.493 e. The molecule has 12 heteroatoms. The lowest BCUT2D eigenvalue weighted by molar-refractivity contribution is -0.130. The van der Waals surface area contributed by atoms with E-state index in [0.717, 1.165) is 0 Å². The molecule has 0 bridgehead atoms. The van der Waals surface area contributed by atoms with E-state index in [0.29, 0.717) is 56.5 Å². The number of carbonyl (C=O) groups is 2. The molecule has 0 fully saturated rings. The first-order valence-electron chi connectivity index (χ1n) is 11.5. The monoisotopic (exact) mass is 554 g/mol. The zero-order valence-corrected chi connectivity index (χ0v) is 21.1. The Labute approximate surface area is 225 Å². The Morgan fingerprint density at radius 1 is 1.08 bits per heavy atom. The standard InChI is InChI=1S/C27H20F2N2O7S/c1-34-22-11-15(10-19-26(33)38-25(31-19)16-3-9-21-23(12-16)37-14-36-21)2-8-20(22)35-13-24(32)30-17-4-6-18(7-5-17)39-27(28)29/h2-12,27H,13-14H2,1H3,(H,30,32)/b19-10+. The van der Waals surface area contributed by atoms with Crippen molar-refractivity contribution in [3.8, 4) is 23.0 Å². The first kappa shape index (κ1) is 26.0. The van der Waals surface area contributed by atoms with E-state index in [4.69, 9.17) is 23.7 Å². The summed E-state index contributed by atoms with van der Waals surface area (Å²) in [6.45, 7) is -0.194. The molecule has 9 nitrogen and oxygen atoms in total. The number of thioether (sulfide) groups is 1. The van der Waals surface area contributed by atoms with Crippen LogP contribution in [0.5, 0.6) is 23.0 Å². The van der Waals surface area contributed by atoms with Crippen molar-refractivity contribution >= 4 is 41.3 Å². The SMILES string of the molecule is COc1cc(/C=C2/N=C(c3ccc4c(c3)OCO4)OC2=O)ccc1OCC(=O)Nc1ccc(SC(F)F)cc1. The van der Waals surface area contributed by atoms with Crippen LogP contribution in [0.2, 0.25) is 0 Å². The summed E-state index contributed by atoms with van der Waals surface area (Å²) < 4.78 is 51.8. The van der Waals surface area contributed by atoms with Crippen molar-refractivity contribution in [3.63, 3.8) is 0 Å². The Hall–Kier alpha value is -4.58. The van der Waals surface area contributed by atoms with Gasteiger partial charge in [0.05, 0.1) is 7.11 Å². The molecule has 0 radical (unpaired) electrons. The molecule has 1 amide bonds. The molecule has 3 aromatic carbocycles. The highest BCUT2D eigenvalue weighted by Gasteiger charge is 2.26. The average Bonchev–Trinajstić information content (AvgIpc) is 3.54. The summed E-state index contributed by atoms with van der Waals surface area (Å²) in [6.07, 6.45) is 1.54. The van der Waals surface area contributed by atoms with E-state index in [1.165, 1.54) is 37.5 Å². The fourth-order valence-electron chi connectivity index (χ4n) is 3.67. The van der Waals surface area contributed by atoms with Crippen LogP contribution in [0.15, 0.2) is 76.2 Å². The largest absolute Gasteiger partial charge is 0.493 e. The summed E-state index contributed by atoms with van der Waals surface area (Å²) in [6, 6.07) is 16.0. The van der Waals surface area contributed by atoms with Gasteiger partial charge in [-0.05, 0) is 66.2 Å². The number of carbonyl (C=O) groups excluding carboxylic acids is 2. The molecule has 0 saturated heterocycles. The molecule has 0 aliphatic carbocycles. The van der Waals surface area contributed by atoms with Gasteiger partial charge in [0, 0.05) is 16.1 Å². The molecule has 2 aliphatic heterocycles. The fourth-order valence-corrected chi connectivity index (χ4v) is 4.17. The quantitative estimate of drug-likeness (QED) is 0.221. The van der Waals surface area contributed by atoms with Crippen LogP contribution >= 0.6 is 11.8 Å². The van der Waals surface area contributed by atoms with Crippen molar-refractivity contribution in [2.75, 3.05) is 25.8 Å². The second kappa shape index (κ2) is 11.4. The maximum atomic E-state index is 12.4. The molecule has 0 saturated carbocycles. The minimum absolute atomic E-state index is 0.0933. The van der Waals surface area contributed by atoms with E-state index in [9.17, 15) is 18.4 Å². The number of ether oxygens (including phenoxy) is 5. The van der Waals surface area contributed by atoms with Gasteiger partial charge in [0.25, 0.3) is 11.7 Å². The van der Waals surface area contributed by atoms with Crippen LogP contribution in [0.3, 0.4) is 0 Å². The topological polar surface area (TPSA) is 105 Å². The molecule has 2 heterocycles. The number of hydrogen-bond acceptors (Lipinski definition) is 9. The number of alkyl halides is 2. The first-order chi connectivity index (χ1) is 18.9. The van der Waals surface area contributed by atoms with E-state index in [2.05, 4.69) is 10.3 Å². The van der Waals surface area contributed by atoms with Crippen LogP contribution in [0.25, 0.3) is 6.08 Å². The van der Waals surface area contributed by atoms with Crippen LogP contribution in [0, 0.1) is 0 Å². The molecule has 0 aromatic heterocycles. The Morgan fingerprint density at radius 2 is 1.87 bits per heavy atom. The Morgan fingerprint density at radius 3 is 2.64 bits per heavy atom. The van der Waals surface area contributed by atoms with E-state index >= 15 is 0 Å². The number of benzene rings is 3. The molecular formula is C27H20F2N2O7S. The maximum Gasteiger partial charge on any atom is 0.363 e. The number of halogens is 2. The van der Waals surface area contributed by atoms with Gasteiger partial charge in [-0.3, -0.25) is 4.79 Å². The Kier molecular flexibility index (Phi) is 7.64.